The lowest BCUT2D eigenvalue weighted by Gasteiger charge is -2.34. The summed E-state index contributed by atoms with van der Waals surface area (Å²) in [6.07, 6.45) is 0.753. The molecule has 2 aromatic rings. The molecule has 1 fully saturated rings. The van der Waals surface area contributed by atoms with E-state index in [9.17, 15) is 4.79 Å². The van der Waals surface area contributed by atoms with Crippen LogP contribution in [0.5, 0.6) is 0 Å². The Morgan fingerprint density at radius 2 is 1.54 bits per heavy atom. The first-order valence-corrected chi connectivity index (χ1v) is 10.2. The summed E-state index contributed by atoms with van der Waals surface area (Å²) >= 11 is 0. The van der Waals surface area contributed by atoms with Gasteiger partial charge in [0.25, 0.3) is 5.91 Å². The van der Waals surface area contributed by atoms with Crippen LogP contribution in [0.1, 0.15) is 30.5 Å². The fourth-order valence-corrected chi connectivity index (χ4v) is 4.01. The van der Waals surface area contributed by atoms with Crippen LogP contribution in [0.4, 0.5) is 0 Å². The third kappa shape index (κ3) is 4.16. The van der Waals surface area contributed by atoms with Gasteiger partial charge in [0.15, 0.2) is 0 Å². The third-order valence-corrected chi connectivity index (χ3v) is 5.73. The molecule has 5 nitrogen and oxygen atoms in total. The summed E-state index contributed by atoms with van der Waals surface area (Å²) in [6.45, 7) is 7.66. The van der Waals surface area contributed by atoms with Crippen LogP contribution in [0, 0.1) is 0 Å². The highest BCUT2D eigenvalue weighted by Gasteiger charge is 2.33. The number of hydrazone groups is 1. The maximum Gasteiger partial charge on any atom is 0.257 e. The molecule has 0 aliphatic carbocycles. The Bertz CT molecular complexity index is 813. The number of carbonyl (C=O) groups excluding carboxylic acids is 1. The van der Waals surface area contributed by atoms with Gasteiger partial charge in [-0.15, -0.1) is 0 Å². The zero-order valence-corrected chi connectivity index (χ0v) is 16.5. The molecule has 1 atom stereocenters. The fraction of sp³-hybridized carbons (Fsp3) is 0.391. The van der Waals surface area contributed by atoms with Crippen molar-refractivity contribution in [3.05, 3.63) is 71.8 Å². The predicted octanol–water partition coefficient (Wildman–Crippen LogP) is 3.00. The summed E-state index contributed by atoms with van der Waals surface area (Å²) in [5.41, 5.74) is 3.22. The smallest absolute Gasteiger partial charge is 0.257 e. The Hall–Kier alpha value is -2.50. The first-order chi connectivity index (χ1) is 13.7. The highest BCUT2D eigenvalue weighted by atomic mass is 16.2. The van der Waals surface area contributed by atoms with Crippen molar-refractivity contribution >= 4 is 11.6 Å². The number of hydrogen-bond acceptors (Lipinski definition) is 4. The Balaban J connectivity index is 1.52. The van der Waals surface area contributed by atoms with E-state index in [-0.39, 0.29) is 11.9 Å². The highest BCUT2D eigenvalue weighted by molar-refractivity contribution is 6.03. The van der Waals surface area contributed by atoms with E-state index in [0.717, 1.165) is 56.0 Å². The first-order valence-electron chi connectivity index (χ1n) is 10.2. The molecular formula is C23H28N4O. The molecule has 0 N–H and O–H groups in total. The molecule has 5 heteroatoms. The van der Waals surface area contributed by atoms with E-state index in [1.165, 1.54) is 0 Å². The lowest BCUT2D eigenvalue weighted by Crippen LogP contribution is -2.49. The van der Waals surface area contributed by atoms with Crippen LogP contribution in [-0.4, -0.2) is 65.7 Å². The van der Waals surface area contributed by atoms with Crippen molar-refractivity contribution in [2.45, 2.75) is 19.4 Å². The number of hydrogen-bond donors (Lipinski definition) is 0. The molecule has 0 aromatic heterocycles. The van der Waals surface area contributed by atoms with Crippen LogP contribution in [0.15, 0.2) is 65.8 Å². The van der Waals surface area contributed by atoms with E-state index in [2.05, 4.69) is 41.0 Å². The molecule has 146 valence electrons. The molecule has 2 aliphatic heterocycles. The Morgan fingerprint density at radius 1 is 0.929 bits per heavy atom. The van der Waals surface area contributed by atoms with Crippen molar-refractivity contribution in [3.63, 3.8) is 0 Å². The number of likely N-dealkylation sites (N-methyl/N-ethyl adjacent to an activating group) is 1. The molecule has 2 aromatic carbocycles. The van der Waals surface area contributed by atoms with Gasteiger partial charge in [0.05, 0.1) is 18.3 Å². The maximum atomic E-state index is 13.2. The minimum atomic E-state index is -0.0270. The van der Waals surface area contributed by atoms with Crippen molar-refractivity contribution in [2.24, 2.45) is 5.10 Å². The van der Waals surface area contributed by atoms with Crippen LogP contribution in [-0.2, 0) is 4.79 Å². The summed E-state index contributed by atoms with van der Waals surface area (Å²) in [4.78, 5) is 17.9. The van der Waals surface area contributed by atoms with Crippen molar-refractivity contribution < 1.29 is 4.79 Å². The lowest BCUT2D eigenvalue weighted by molar-refractivity contribution is -0.134. The molecule has 0 spiro atoms. The molecule has 2 heterocycles. The minimum Gasteiger partial charge on any atom is -0.301 e. The fourth-order valence-electron chi connectivity index (χ4n) is 4.01. The number of amides is 1. The van der Waals surface area contributed by atoms with Gasteiger partial charge in [-0.2, -0.15) is 5.10 Å². The number of benzene rings is 2. The van der Waals surface area contributed by atoms with Gasteiger partial charge in [0.2, 0.25) is 0 Å². The zero-order valence-electron chi connectivity index (χ0n) is 16.5. The largest absolute Gasteiger partial charge is 0.301 e. The summed E-state index contributed by atoms with van der Waals surface area (Å²) in [6, 6.07) is 20.4. The van der Waals surface area contributed by atoms with E-state index in [4.69, 9.17) is 5.10 Å². The SMILES string of the molecule is CCN1CCN(CC(=O)N2N=C(c3ccccc3)CC2c2ccccc2)CC1. The second kappa shape index (κ2) is 8.67. The molecule has 0 bridgehead atoms. The van der Waals surface area contributed by atoms with Crippen LogP contribution >= 0.6 is 0 Å². The zero-order chi connectivity index (χ0) is 19.3. The van der Waals surface area contributed by atoms with Crippen molar-refractivity contribution in [3.8, 4) is 0 Å². The van der Waals surface area contributed by atoms with E-state index in [1.807, 2.05) is 36.4 Å². The molecule has 0 saturated carbocycles. The summed E-state index contributed by atoms with van der Waals surface area (Å²) < 4.78 is 0. The summed E-state index contributed by atoms with van der Waals surface area (Å²) in [5.74, 6) is 0.0877. The lowest BCUT2D eigenvalue weighted by atomic mass is 9.98. The van der Waals surface area contributed by atoms with Gasteiger partial charge in [-0.05, 0) is 17.7 Å². The summed E-state index contributed by atoms with van der Waals surface area (Å²) in [5, 5.41) is 6.50. The average molecular weight is 377 g/mol. The van der Waals surface area contributed by atoms with Gasteiger partial charge in [-0.3, -0.25) is 9.69 Å². The topological polar surface area (TPSA) is 39.1 Å². The predicted molar refractivity (Wildman–Crippen MR) is 112 cm³/mol. The number of carbonyl (C=O) groups is 1. The van der Waals surface area contributed by atoms with Crippen LogP contribution in [0.3, 0.4) is 0 Å². The molecule has 1 unspecified atom stereocenters. The molecule has 4 rings (SSSR count). The molecule has 1 saturated heterocycles. The number of rotatable bonds is 5. The second-order valence-corrected chi connectivity index (χ2v) is 7.49. The van der Waals surface area contributed by atoms with Gasteiger partial charge in [-0.25, -0.2) is 5.01 Å². The van der Waals surface area contributed by atoms with E-state index >= 15 is 0 Å². The molecule has 0 radical (unpaired) electrons. The summed E-state index contributed by atoms with van der Waals surface area (Å²) in [7, 11) is 0. The van der Waals surface area contributed by atoms with Crippen molar-refractivity contribution in [1.82, 2.24) is 14.8 Å². The van der Waals surface area contributed by atoms with Gasteiger partial charge in [0.1, 0.15) is 0 Å². The van der Waals surface area contributed by atoms with Gasteiger partial charge < -0.3 is 4.90 Å². The van der Waals surface area contributed by atoms with Crippen LogP contribution in [0.25, 0.3) is 0 Å². The number of nitrogens with zero attached hydrogens (tertiary/aromatic N) is 4. The normalized spacial score (nSPS) is 21.0. The molecule has 28 heavy (non-hydrogen) atoms. The minimum absolute atomic E-state index is 0.0270. The molecule has 2 aliphatic rings. The quantitative estimate of drug-likeness (QED) is 0.805. The van der Waals surface area contributed by atoms with E-state index in [0.29, 0.717) is 6.54 Å². The van der Waals surface area contributed by atoms with Gasteiger partial charge in [-0.1, -0.05) is 67.6 Å². The number of piperazine rings is 1. The highest BCUT2D eigenvalue weighted by Crippen LogP contribution is 2.32. The van der Waals surface area contributed by atoms with E-state index in [1.54, 1.807) is 5.01 Å². The molecule has 1 amide bonds. The average Bonchev–Trinajstić information content (AvgIpc) is 3.21. The van der Waals surface area contributed by atoms with Crippen molar-refractivity contribution in [1.29, 1.82) is 0 Å². The monoisotopic (exact) mass is 376 g/mol. The van der Waals surface area contributed by atoms with Crippen molar-refractivity contribution in [2.75, 3.05) is 39.3 Å². The van der Waals surface area contributed by atoms with Crippen LogP contribution < -0.4 is 0 Å². The van der Waals surface area contributed by atoms with E-state index < -0.39 is 0 Å². The Kier molecular flexibility index (Phi) is 5.84. The molecular weight excluding hydrogens is 348 g/mol. The Labute approximate surface area is 167 Å². The maximum absolute atomic E-state index is 13.2. The van der Waals surface area contributed by atoms with Crippen LogP contribution in [0.2, 0.25) is 0 Å². The van der Waals surface area contributed by atoms with Gasteiger partial charge >= 0.3 is 0 Å². The standard InChI is InChI=1S/C23H28N4O/c1-2-25-13-15-26(16-14-25)18-23(28)27-22(20-11-7-4-8-12-20)17-21(24-27)19-9-5-3-6-10-19/h3-12,22H,2,13-18H2,1H3. The second-order valence-electron chi connectivity index (χ2n) is 7.49. The third-order valence-electron chi connectivity index (χ3n) is 5.73. The first kappa shape index (κ1) is 18.8. The Morgan fingerprint density at radius 3 is 2.18 bits per heavy atom. The van der Waals surface area contributed by atoms with Gasteiger partial charge in [0, 0.05) is 32.6 Å².